The van der Waals surface area contributed by atoms with Crippen molar-refractivity contribution in [3.63, 3.8) is 0 Å². The molecule has 0 spiro atoms. The monoisotopic (exact) mass is 394 g/mol. The number of aromatic nitrogens is 1. The Bertz CT molecular complexity index is 862. The largest absolute Gasteiger partial charge is 0.588 e. The van der Waals surface area contributed by atoms with Crippen molar-refractivity contribution >= 4 is 39.6 Å². The smallest absolute Gasteiger partial charge is 0.322 e. The van der Waals surface area contributed by atoms with Crippen LogP contribution in [0, 0.1) is 0 Å². The second kappa shape index (κ2) is 7.40. The van der Waals surface area contributed by atoms with Crippen molar-refractivity contribution in [2.45, 2.75) is 4.90 Å². The fourth-order valence-electron chi connectivity index (χ4n) is 2.45. The summed E-state index contributed by atoms with van der Waals surface area (Å²) in [6.07, 6.45) is 1.10. The third-order valence-corrected chi connectivity index (χ3v) is 5.81. The number of amides is 3. The number of hydrogen-bond acceptors (Lipinski definition) is 5. The van der Waals surface area contributed by atoms with Crippen LogP contribution in [-0.4, -0.2) is 50.3 Å². The van der Waals surface area contributed by atoms with Gasteiger partial charge in [-0.25, -0.2) is 9.78 Å². The number of pyridine rings is 1. The molecule has 1 fully saturated rings. The van der Waals surface area contributed by atoms with Gasteiger partial charge in [0.05, 0.1) is 12.7 Å². The zero-order valence-corrected chi connectivity index (χ0v) is 15.1. The molecular formula is C16H15ClN4O4S. The Hall–Kier alpha value is -2.49. The molecule has 136 valence electrons. The van der Waals surface area contributed by atoms with Crippen LogP contribution in [0.4, 0.5) is 10.5 Å². The number of para-hydroxylation sites is 1. The highest BCUT2D eigenvalue weighted by atomic mass is 35.5. The molecule has 1 aliphatic heterocycles. The van der Waals surface area contributed by atoms with Gasteiger partial charge in [0.15, 0.2) is 15.3 Å². The molecule has 1 atom stereocenters. The summed E-state index contributed by atoms with van der Waals surface area (Å²) in [4.78, 5) is 29.4. The van der Waals surface area contributed by atoms with E-state index in [0.717, 1.165) is 10.5 Å². The molecule has 1 unspecified atom stereocenters. The summed E-state index contributed by atoms with van der Waals surface area (Å²) in [5, 5.41) is 2.82. The highest BCUT2D eigenvalue weighted by Gasteiger charge is 2.39. The summed E-state index contributed by atoms with van der Waals surface area (Å²) in [6.45, 7) is -0.379. The number of anilines is 1. The minimum atomic E-state index is -4.03. The van der Waals surface area contributed by atoms with Crippen LogP contribution < -0.4 is 5.32 Å². The maximum absolute atomic E-state index is 12.6. The van der Waals surface area contributed by atoms with Crippen molar-refractivity contribution in [3.8, 4) is 0 Å². The molecule has 1 aliphatic rings. The van der Waals surface area contributed by atoms with Crippen molar-refractivity contribution in [1.29, 1.82) is 0 Å². The highest BCUT2D eigenvalue weighted by molar-refractivity contribution is 7.96. The molecule has 0 saturated carbocycles. The number of nitrogens with one attached hydrogen (secondary N) is 1. The summed E-state index contributed by atoms with van der Waals surface area (Å²) >= 11 is 5.66. The average molecular weight is 395 g/mol. The van der Waals surface area contributed by atoms with Crippen molar-refractivity contribution in [3.05, 3.63) is 53.8 Å². The number of halogens is 1. The summed E-state index contributed by atoms with van der Waals surface area (Å²) < 4.78 is 25.9. The molecule has 2 aromatic rings. The Morgan fingerprint density at radius 2 is 1.92 bits per heavy atom. The van der Waals surface area contributed by atoms with E-state index in [1.54, 1.807) is 24.3 Å². The topological polar surface area (TPSA) is 106 Å². The Labute approximate surface area is 156 Å². The third kappa shape index (κ3) is 3.85. The SMILES string of the molecule is O=C(Nc1ccccc1)N1CCN([S+](=O)([O-])c2ccc(Cl)nc2)C(=O)C1. The van der Waals surface area contributed by atoms with Gasteiger partial charge in [-0.1, -0.05) is 34.0 Å². The fraction of sp³-hybridized carbons (Fsp3) is 0.188. The number of carbonyl (C=O) groups excluding carboxylic acids is 2. The Balaban J connectivity index is 1.68. The van der Waals surface area contributed by atoms with E-state index in [0.29, 0.717) is 5.69 Å². The molecule has 10 heteroatoms. The molecule has 0 bridgehead atoms. The quantitative estimate of drug-likeness (QED) is 0.633. The molecule has 0 aliphatic carbocycles. The Kier molecular flexibility index (Phi) is 5.21. The lowest BCUT2D eigenvalue weighted by molar-refractivity contribution is -0.129. The lowest BCUT2D eigenvalue weighted by Gasteiger charge is -2.35. The van der Waals surface area contributed by atoms with Gasteiger partial charge in [0.2, 0.25) is 0 Å². The van der Waals surface area contributed by atoms with Crippen LogP contribution >= 0.6 is 11.6 Å². The van der Waals surface area contributed by atoms with E-state index in [9.17, 15) is 18.4 Å². The number of sulfonamides is 1. The lowest BCUT2D eigenvalue weighted by Crippen LogP contribution is -2.56. The minimum absolute atomic E-state index is 0.0880. The number of urea groups is 1. The average Bonchev–Trinajstić information content (AvgIpc) is 2.62. The van der Waals surface area contributed by atoms with E-state index >= 15 is 0 Å². The van der Waals surface area contributed by atoms with Crippen LogP contribution in [0.2, 0.25) is 5.15 Å². The first kappa shape index (κ1) is 18.3. The first-order valence-corrected chi connectivity index (χ1v) is 9.48. The van der Waals surface area contributed by atoms with E-state index in [-0.39, 0.29) is 29.7 Å². The van der Waals surface area contributed by atoms with Crippen LogP contribution in [0.15, 0.2) is 53.6 Å². The van der Waals surface area contributed by atoms with Gasteiger partial charge < -0.3 is 14.8 Å². The van der Waals surface area contributed by atoms with E-state index in [2.05, 4.69) is 10.3 Å². The van der Waals surface area contributed by atoms with Crippen LogP contribution in [0.3, 0.4) is 0 Å². The number of nitrogens with zero attached hydrogens (tertiary/aromatic N) is 3. The van der Waals surface area contributed by atoms with Crippen LogP contribution in [0.25, 0.3) is 0 Å². The van der Waals surface area contributed by atoms with E-state index in [1.807, 2.05) is 6.07 Å². The van der Waals surface area contributed by atoms with E-state index < -0.39 is 22.3 Å². The van der Waals surface area contributed by atoms with E-state index in [4.69, 9.17) is 11.6 Å². The van der Waals surface area contributed by atoms with Gasteiger partial charge in [0, 0.05) is 12.2 Å². The molecular weight excluding hydrogens is 380 g/mol. The van der Waals surface area contributed by atoms with Gasteiger partial charge in [0.1, 0.15) is 11.7 Å². The summed E-state index contributed by atoms with van der Waals surface area (Å²) in [5.41, 5.74) is 0.590. The number of carbonyl (C=O) groups is 2. The highest BCUT2D eigenvalue weighted by Crippen LogP contribution is 2.24. The second-order valence-electron chi connectivity index (χ2n) is 5.51. The Morgan fingerprint density at radius 1 is 1.19 bits per heavy atom. The maximum Gasteiger partial charge on any atom is 0.322 e. The number of benzene rings is 1. The second-order valence-corrected chi connectivity index (χ2v) is 7.75. The third-order valence-electron chi connectivity index (χ3n) is 3.78. The Morgan fingerprint density at radius 3 is 2.54 bits per heavy atom. The maximum atomic E-state index is 12.6. The molecule has 26 heavy (non-hydrogen) atoms. The number of hydrogen-bond donors (Lipinski definition) is 1. The van der Waals surface area contributed by atoms with E-state index in [1.165, 1.54) is 17.0 Å². The van der Waals surface area contributed by atoms with Gasteiger partial charge in [-0.05, 0) is 24.3 Å². The summed E-state index contributed by atoms with van der Waals surface area (Å²) in [6, 6.07) is 10.9. The van der Waals surface area contributed by atoms with Crippen LogP contribution in [0.1, 0.15) is 0 Å². The van der Waals surface area contributed by atoms with Crippen LogP contribution in [-0.2, 0) is 19.4 Å². The molecule has 1 N–H and O–H groups in total. The minimum Gasteiger partial charge on any atom is -0.588 e. The molecule has 1 aromatic carbocycles. The predicted molar refractivity (Wildman–Crippen MR) is 95.1 cm³/mol. The normalized spacial score (nSPS) is 16.9. The van der Waals surface area contributed by atoms with Gasteiger partial charge in [-0.15, -0.1) is 0 Å². The molecule has 1 aromatic heterocycles. The van der Waals surface area contributed by atoms with Gasteiger partial charge in [0.25, 0.3) is 5.91 Å². The zero-order valence-electron chi connectivity index (χ0n) is 13.5. The van der Waals surface area contributed by atoms with Crippen LogP contribution in [0.5, 0.6) is 0 Å². The first-order valence-electron chi connectivity index (χ1n) is 7.66. The zero-order chi connectivity index (χ0) is 18.7. The first-order chi connectivity index (χ1) is 12.4. The lowest BCUT2D eigenvalue weighted by atomic mass is 10.3. The molecule has 3 rings (SSSR count). The molecule has 0 radical (unpaired) electrons. The number of piperazine rings is 1. The summed E-state index contributed by atoms with van der Waals surface area (Å²) in [7, 11) is -4.03. The molecule has 1 saturated heterocycles. The number of rotatable bonds is 3. The van der Waals surface area contributed by atoms with Crippen molar-refractivity contribution in [2.75, 3.05) is 25.0 Å². The molecule has 8 nitrogen and oxygen atoms in total. The van der Waals surface area contributed by atoms with Gasteiger partial charge in [-0.2, -0.15) is 4.31 Å². The molecule has 3 amide bonds. The predicted octanol–water partition coefficient (Wildman–Crippen LogP) is 2.02. The fourth-order valence-corrected chi connectivity index (χ4v) is 3.89. The van der Waals surface area contributed by atoms with Crippen molar-refractivity contribution in [2.24, 2.45) is 0 Å². The van der Waals surface area contributed by atoms with Gasteiger partial charge >= 0.3 is 6.03 Å². The van der Waals surface area contributed by atoms with Crippen molar-refractivity contribution < 1.29 is 18.4 Å². The van der Waals surface area contributed by atoms with Crippen molar-refractivity contribution in [1.82, 2.24) is 14.2 Å². The standard InChI is InChI=1S/C16H15ClN4O4S/c17-14-7-6-13(10-18-14)26(24,25)21-9-8-20(11-15(21)22)16(23)19-12-4-2-1-3-5-12/h1-7,10H,8-9,11H2,(H-,19,23,24,25). The van der Waals surface area contributed by atoms with Gasteiger partial charge in [-0.3, -0.25) is 4.79 Å². The molecule has 2 heterocycles. The summed E-state index contributed by atoms with van der Waals surface area (Å²) in [5.74, 6) is -0.686.